The summed E-state index contributed by atoms with van der Waals surface area (Å²) in [6.07, 6.45) is 37.4. The van der Waals surface area contributed by atoms with Gasteiger partial charge < -0.3 is 0 Å². The maximum atomic E-state index is 2.49. The molecule has 0 nitrogen and oxygen atoms in total. The van der Waals surface area contributed by atoms with Crippen molar-refractivity contribution in [1.29, 1.82) is 0 Å². The normalized spacial score (nSPS) is 17.2. The molecule has 30 rings (SSSR count). The molecular weight excluding hydrogens is 1780 g/mol. The van der Waals surface area contributed by atoms with Crippen molar-refractivity contribution in [2.24, 2.45) is 0 Å². The summed E-state index contributed by atoms with van der Waals surface area (Å²) in [5.41, 5.74) is 62.2. The number of aryl methyl sites for hydroxylation is 6. The summed E-state index contributed by atoms with van der Waals surface area (Å²) in [5, 5.41) is 0. The molecule has 6 saturated carbocycles. The molecule has 0 heteroatoms. The minimum absolute atomic E-state index is 0.250. The fourth-order valence-electron chi connectivity index (χ4n) is 30.2. The molecule has 18 aromatic carbocycles. The maximum Gasteiger partial charge on any atom is 0.0215 e. The highest BCUT2D eigenvalue weighted by molar-refractivity contribution is 5.92. The second-order valence-electron chi connectivity index (χ2n) is 46.2. The highest BCUT2D eigenvalue weighted by Gasteiger charge is 2.51. The molecule has 0 unspecified atom stereocenters. The van der Waals surface area contributed by atoms with Gasteiger partial charge >= 0.3 is 0 Å². The van der Waals surface area contributed by atoms with Crippen molar-refractivity contribution in [2.45, 2.75) is 254 Å². The van der Waals surface area contributed by atoms with Crippen LogP contribution in [0.5, 0.6) is 0 Å². The SMILES string of the molecule is Cc1ccc(-c2ccc3c(c2)-c2ccccc2C32CCCC2)cc1.Cc1ccc(-c2ccc3c(c2)-c2ccccc2C32CCCCC2)cc1.Cc1ccc(-c2ccc3c(c2)C2(CCCCC2)c2ccccc2-3)cc1.Cc1ccc2c(c1)C1(CCCC1)c1ccc(-c3ccccc3)cc1-2.Cc1ccc2c(c1)C1(CCCCC1)c1cc(-c3ccccc3)ccc1-2.Cc1ccc2c(c1)C1(CCCCC1)c1ccc(-c3ccccc3)cc1-2. The maximum absolute atomic E-state index is 2.49. The van der Waals surface area contributed by atoms with Crippen molar-refractivity contribution in [3.05, 3.63) is 501 Å². The Bertz CT molecular complexity index is 7970. The lowest BCUT2D eigenvalue weighted by molar-refractivity contribution is 0.352. The van der Waals surface area contributed by atoms with Crippen LogP contribution < -0.4 is 0 Å². The predicted molar refractivity (Wildman–Crippen MR) is 626 cm³/mol. The van der Waals surface area contributed by atoms with Gasteiger partial charge in [0.25, 0.3) is 0 Å². The smallest absolute Gasteiger partial charge is 0.0215 e. The van der Waals surface area contributed by atoms with Crippen LogP contribution in [-0.2, 0) is 32.5 Å². The van der Waals surface area contributed by atoms with Gasteiger partial charge in [0.2, 0.25) is 0 Å². The molecule has 18 aromatic rings. The fraction of sp³-hybridized carbons (Fsp3) is 0.270. The third-order valence-electron chi connectivity index (χ3n) is 37.6. The van der Waals surface area contributed by atoms with Crippen LogP contribution in [0.3, 0.4) is 0 Å². The first-order chi connectivity index (χ1) is 72.7. The van der Waals surface area contributed by atoms with Crippen LogP contribution in [-0.4, -0.2) is 0 Å². The van der Waals surface area contributed by atoms with E-state index in [4.69, 9.17) is 0 Å². The number of hydrogen-bond acceptors (Lipinski definition) is 0. The Morgan fingerprint density at radius 3 is 0.541 bits per heavy atom. The van der Waals surface area contributed by atoms with E-state index in [1.165, 1.54) is 347 Å². The van der Waals surface area contributed by atoms with E-state index in [9.17, 15) is 0 Å². The molecule has 6 spiro atoms. The largest absolute Gasteiger partial charge is 0.0622 e. The zero-order chi connectivity index (χ0) is 99.7. The third kappa shape index (κ3) is 16.7. The zero-order valence-electron chi connectivity index (χ0n) is 87.9. The summed E-state index contributed by atoms with van der Waals surface area (Å²) in [7, 11) is 0. The van der Waals surface area contributed by atoms with Gasteiger partial charge in [-0.25, -0.2) is 0 Å². The van der Waals surface area contributed by atoms with E-state index in [1.807, 2.05) is 0 Å². The first-order valence-electron chi connectivity index (χ1n) is 56.6. The summed E-state index contributed by atoms with van der Waals surface area (Å²) in [6.45, 7) is 13.1. The molecule has 0 aliphatic heterocycles. The second kappa shape index (κ2) is 39.5. The standard InChI is InChI=1S/4C25H24.2C24H22/c1-18-9-11-19(12-10-18)20-13-14-24-22(17-20)21-7-3-4-8-23(21)25(24)15-5-2-6-16-25;1-18-9-11-19(12-10-18)20-13-14-22-21-7-3-4-8-23(21)25(24(22)17-20)15-5-2-6-16-25;1-18-10-12-21-22-17-20(19-8-4-2-5-9-19)11-13-23(22)25(24(21)16-18)14-6-3-7-15-25;1-18-10-12-21-22-13-11-20(19-8-4-2-5-9-19)17-24(22)25(23(21)16-18)14-6-3-7-15-25;1-17-8-10-18(11-9-17)19-12-13-23-21(16-19)20-6-2-3-7-22(20)24(23)14-4-5-15-24;1-17-9-11-20-21-16-19(18-7-3-2-4-8-18)10-12-22(21)24(23(20)15-17)13-5-6-14-24/h2*3-4,7-14,17H,2,5-6,15-16H2,1H3;2*2,4-5,8-13,16-17H,3,6-7,14-15H2,1H3;2-3,6-13,16H,4-5,14-15H2,1H3;2-4,7-12,15-16H,5-6,13-14H2,1H3. The van der Waals surface area contributed by atoms with Gasteiger partial charge in [-0.05, 0) is 355 Å². The van der Waals surface area contributed by atoms with Crippen molar-refractivity contribution in [1.82, 2.24) is 0 Å². The third-order valence-corrected chi connectivity index (χ3v) is 37.6. The molecule has 0 heterocycles. The molecule has 12 aliphatic carbocycles. The lowest BCUT2D eigenvalue weighted by Gasteiger charge is -2.36. The van der Waals surface area contributed by atoms with E-state index in [0.717, 1.165) is 0 Å². The number of benzene rings is 18. The highest BCUT2D eigenvalue weighted by Crippen LogP contribution is 2.64. The van der Waals surface area contributed by atoms with Gasteiger partial charge in [-0.1, -0.05) is 500 Å². The Labute approximate surface area is 881 Å². The second-order valence-corrected chi connectivity index (χ2v) is 46.2. The van der Waals surface area contributed by atoms with Crippen molar-refractivity contribution in [3.8, 4) is 134 Å². The monoisotopic (exact) mass is 1920 g/mol. The van der Waals surface area contributed by atoms with Crippen molar-refractivity contribution in [3.63, 3.8) is 0 Å². The Kier molecular flexibility index (Phi) is 25.4. The molecule has 0 bridgehead atoms. The lowest BCUT2D eigenvalue weighted by Crippen LogP contribution is -2.28. The fourth-order valence-corrected chi connectivity index (χ4v) is 30.2. The van der Waals surface area contributed by atoms with E-state index >= 15 is 0 Å². The molecule has 12 aliphatic rings. The predicted octanol–water partition coefficient (Wildman–Crippen LogP) is 40.6. The van der Waals surface area contributed by atoms with Crippen LogP contribution in [0.4, 0.5) is 0 Å². The number of hydrogen-bond donors (Lipinski definition) is 0. The Morgan fingerprint density at radius 1 is 0.108 bits per heavy atom. The zero-order valence-corrected chi connectivity index (χ0v) is 87.9. The molecule has 0 amide bonds. The average Bonchev–Trinajstić information content (AvgIpc) is 1.57. The van der Waals surface area contributed by atoms with Gasteiger partial charge in [0.15, 0.2) is 0 Å². The van der Waals surface area contributed by atoms with Crippen LogP contribution in [0.1, 0.15) is 280 Å². The van der Waals surface area contributed by atoms with Gasteiger partial charge in [-0.15, -0.1) is 0 Å². The lowest BCUT2D eigenvalue weighted by atomic mass is 9.67. The molecule has 0 radical (unpaired) electrons. The van der Waals surface area contributed by atoms with Crippen molar-refractivity contribution >= 4 is 0 Å². The quantitative estimate of drug-likeness (QED) is 0.156. The van der Waals surface area contributed by atoms with Crippen LogP contribution >= 0.6 is 0 Å². The molecular formula is C148H140. The van der Waals surface area contributed by atoms with Gasteiger partial charge in [0.1, 0.15) is 0 Å². The minimum Gasteiger partial charge on any atom is -0.0622 e. The number of fused-ring (bicyclic) bond motifs is 30. The van der Waals surface area contributed by atoms with E-state index in [-0.39, 0.29) is 32.5 Å². The number of rotatable bonds is 6. The first-order valence-corrected chi connectivity index (χ1v) is 56.6. The Hall–Kier alpha value is -14.0. The van der Waals surface area contributed by atoms with E-state index < -0.39 is 0 Å². The summed E-state index contributed by atoms with van der Waals surface area (Å²) in [4.78, 5) is 0. The summed E-state index contributed by atoms with van der Waals surface area (Å²) < 4.78 is 0. The van der Waals surface area contributed by atoms with Gasteiger partial charge in [-0.3, -0.25) is 0 Å². The summed E-state index contributed by atoms with van der Waals surface area (Å²) in [5.74, 6) is 0. The van der Waals surface area contributed by atoms with E-state index in [0.29, 0.717) is 0 Å². The van der Waals surface area contributed by atoms with Gasteiger partial charge in [0.05, 0.1) is 0 Å². The van der Waals surface area contributed by atoms with Crippen molar-refractivity contribution in [2.75, 3.05) is 0 Å². The average molecular weight is 1920 g/mol. The van der Waals surface area contributed by atoms with Crippen LogP contribution in [0, 0.1) is 41.5 Å². The molecule has 0 N–H and O–H groups in total. The first kappa shape index (κ1) is 94.9. The molecule has 0 aromatic heterocycles. The molecule has 148 heavy (non-hydrogen) atoms. The summed E-state index contributed by atoms with van der Waals surface area (Å²) in [6, 6.07) is 151. The van der Waals surface area contributed by atoms with Crippen molar-refractivity contribution < 1.29 is 0 Å². The van der Waals surface area contributed by atoms with E-state index in [1.54, 1.807) is 66.8 Å². The van der Waals surface area contributed by atoms with Crippen LogP contribution in [0.2, 0.25) is 0 Å². The van der Waals surface area contributed by atoms with Gasteiger partial charge in [-0.2, -0.15) is 0 Å². The molecule has 6 fully saturated rings. The molecule has 0 saturated heterocycles. The van der Waals surface area contributed by atoms with E-state index in [2.05, 4.69) is 442 Å². The topological polar surface area (TPSA) is 0 Å². The Balaban J connectivity index is 0.0000000923. The highest BCUT2D eigenvalue weighted by atomic mass is 14.5. The minimum atomic E-state index is 0.250. The Morgan fingerprint density at radius 2 is 0.270 bits per heavy atom. The van der Waals surface area contributed by atoms with Crippen LogP contribution in [0.25, 0.3) is 134 Å². The summed E-state index contributed by atoms with van der Waals surface area (Å²) >= 11 is 0. The molecule has 0 atom stereocenters. The van der Waals surface area contributed by atoms with Gasteiger partial charge in [0, 0.05) is 32.5 Å². The molecule has 732 valence electrons. The van der Waals surface area contributed by atoms with Crippen LogP contribution in [0.15, 0.2) is 400 Å².